The summed E-state index contributed by atoms with van der Waals surface area (Å²) >= 11 is 0. The van der Waals surface area contributed by atoms with Gasteiger partial charge in [0.25, 0.3) is 11.8 Å². The molecule has 0 aliphatic rings. The normalized spacial score (nSPS) is 11.0. The quantitative estimate of drug-likeness (QED) is 0.428. The summed E-state index contributed by atoms with van der Waals surface area (Å²) in [6, 6.07) is 20.6. The van der Waals surface area contributed by atoms with Gasteiger partial charge in [-0.3, -0.25) is 9.59 Å². The summed E-state index contributed by atoms with van der Waals surface area (Å²) in [6.45, 7) is 5.96. The van der Waals surface area contributed by atoms with Gasteiger partial charge in [0.05, 0.1) is 36.2 Å². The van der Waals surface area contributed by atoms with Crippen LogP contribution in [0.1, 0.15) is 36.7 Å². The third kappa shape index (κ3) is 6.74. The Bertz CT molecular complexity index is 1200. The van der Waals surface area contributed by atoms with Crippen molar-refractivity contribution in [3.05, 3.63) is 77.9 Å². The summed E-state index contributed by atoms with van der Waals surface area (Å²) in [7, 11) is 0. The van der Waals surface area contributed by atoms with Gasteiger partial charge in [-0.25, -0.2) is 0 Å². The smallest absolute Gasteiger partial charge is 0.265 e. The second-order valence-electron chi connectivity index (χ2n) is 7.42. The lowest BCUT2D eigenvalue weighted by atomic mass is 10.2. The van der Waals surface area contributed by atoms with Crippen LogP contribution in [0.4, 0.5) is 11.4 Å². The number of nitriles is 1. The Kier molecular flexibility index (Phi) is 8.68. The fourth-order valence-electron chi connectivity index (χ4n) is 3.19. The van der Waals surface area contributed by atoms with E-state index < -0.39 is 12.0 Å². The zero-order valence-corrected chi connectivity index (χ0v) is 19.8. The minimum absolute atomic E-state index is 0.296. The standard InChI is InChI=1S/C27H27N3O5/c1-4-33-24-16-23(30-27(32)20-9-7-6-8-10-20)25(34-5-2)15-22(24)29-26(31)18(3)35-21-13-11-19(17-28)12-14-21/h6-16,18H,4-5H2,1-3H3,(H,29,31)(H,30,32). The highest BCUT2D eigenvalue weighted by atomic mass is 16.5. The van der Waals surface area contributed by atoms with E-state index >= 15 is 0 Å². The molecule has 0 aromatic heterocycles. The third-order valence-corrected chi connectivity index (χ3v) is 4.89. The lowest BCUT2D eigenvalue weighted by Gasteiger charge is -2.19. The Morgan fingerprint density at radius 1 is 0.886 bits per heavy atom. The number of nitrogens with one attached hydrogen (secondary N) is 2. The van der Waals surface area contributed by atoms with Crippen LogP contribution in [0.5, 0.6) is 17.2 Å². The molecule has 0 saturated heterocycles. The first-order valence-electron chi connectivity index (χ1n) is 11.2. The first-order chi connectivity index (χ1) is 16.9. The molecule has 2 N–H and O–H groups in total. The van der Waals surface area contributed by atoms with Crippen LogP contribution in [0.15, 0.2) is 66.7 Å². The zero-order chi connectivity index (χ0) is 25.2. The number of ether oxygens (including phenoxy) is 3. The van der Waals surface area contributed by atoms with Gasteiger partial charge in [-0.2, -0.15) is 5.26 Å². The largest absolute Gasteiger partial charge is 0.492 e. The molecule has 0 fully saturated rings. The van der Waals surface area contributed by atoms with Crippen LogP contribution in [-0.4, -0.2) is 31.1 Å². The molecule has 3 aromatic carbocycles. The van der Waals surface area contributed by atoms with E-state index in [1.165, 1.54) is 0 Å². The number of carbonyl (C=O) groups is 2. The number of carbonyl (C=O) groups excluding carboxylic acids is 2. The summed E-state index contributed by atoms with van der Waals surface area (Å²) in [5.74, 6) is 0.522. The van der Waals surface area contributed by atoms with Crippen LogP contribution in [0.25, 0.3) is 0 Å². The van der Waals surface area contributed by atoms with E-state index in [1.807, 2.05) is 26.0 Å². The first-order valence-corrected chi connectivity index (χ1v) is 11.2. The Labute approximate surface area is 204 Å². The summed E-state index contributed by atoms with van der Waals surface area (Å²) in [5.41, 5.74) is 1.80. The molecule has 0 spiro atoms. The molecule has 0 aliphatic heterocycles. The molecule has 35 heavy (non-hydrogen) atoms. The number of nitrogens with zero attached hydrogens (tertiary/aromatic N) is 1. The topological polar surface area (TPSA) is 110 Å². The number of rotatable bonds is 10. The predicted molar refractivity (Wildman–Crippen MR) is 133 cm³/mol. The minimum Gasteiger partial charge on any atom is -0.492 e. The Hall–Kier alpha value is -4.51. The molecule has 8 heteroatoms. The maximum atomic E-state index is 12.9. The van der Waals surface area contributed by atoms with Gasteiger partial charge in [-0.05, 0) is 57.2 Å². The fraction of sp³-hybridized carbons (Fsp3) is 0.222. The van der Waals surface area contributed by atoms with E-state index in [-0.39, 0.29) is 5.91 Å². The van der Waals surface area contributed by atoms with Gasteiger partial charge in [0.1, 0.15) is 17.2 Å². The number of hydrogen-bond donors (Lipinski definition) is 2. The van der Waals surface area contributed by atoms with Crippen molar-refractivity contribution in [2.24, 2.45) is 0 Å². The van der Waals surface area contributed by atoms with Gasteiger partial charge in [0.2, 0.25) is 0 Å². The van der Waals surface area contributed by atoms with Gasteiger partial charge in [0, 0.05) is 17.7 Å². The van der Waals surface area contributed by atoms with E-state index in [9.17, 15) is 9.59 Å². The van der Waals surface area contributed by atoms with Crippen molar-refractivity contribution in [1.82, 2.24) is 0 Å². The fourth-order valence-corrected chi connectivity index (χ4v) is 3.19. The molecule has 1 unspecified atom stereocenters. The van der Waals surface area contributed by atoms with E-state index in [1.54, 1.807) is 67.6 Å². The summed E-state index contributed by atoms with van der Waals surface area (Å²) in [5, 5.41) is 14.6. The van der Waals surface area contributed by atoms with Gasteiger partial charge < -0.3 is 24.8 Å². The summed E-state index contributed by atoms with van der Waals surface area (Å²) < 4.78 is 17.2. The molecule has 2 amide bonds. The van der Waals surface area contributed by atoms with Crippen LogP contribution in [-0.2, 0) is 4.79 Å². The summed E-state index contributed by atoms with van der Waals surface area (Å²) in [6.07, 6.45) is -0.828. The maximum absolute atomic E-state index is 12.9. The molecule has 1 atom stereocenters. The summed E-state index contributed by atoms with van der Waals surface area (Å²) in [4.78, 5) is 25.6. The molecule has 180 valence electrons. The van der Waals surface area contributed by atoms with Gasteiger partial charge >= 0.3 is 0 Å². The van der Waals surface area contributed by atoms with Crippen molar-refractivity contribution in [3.63, 3.8) is 0 Å². The van der Waals surface area contributed by atoms with E-state index in [0.717, 1.165) is 0 Å². The van der Waals surface area contributed by atoms with Gasteiger partial charge in [-0.15, -0.1) is 0 Å². The highest BCUT2D eigenvalue weighted by Gasteiger charge is 2.20. The molecule has 0 heterocycles. The molecule has 3 aromatic rings. The molecule has 0 bridgehead atoms. The number of hydrogen-bond acceptors (Lipinski definition) is 6. The molecule has 0 saturated carbocycles. The lowest BCUT2D eigenvalue weighted by Crippen LogP contribution is -2.30. The van der Waals surface area contributed by atoms with Crippen molar-refractivity contribution < 1.29 is 23.8 Å². The predicted octanol–water partition coefficient (Wildman–Crippen LogP) is 5.01. The van der Waals surface area contributed by atoms with Crippen molar-refractivity contribution >= 4 is 23.2 Å². The van der Waals surface area contributed by atoms with E-state index in [4.69, 9.17) is 19.5 Å². The molecule has 0 aliphatic carbocycles. The average Bonchev–Trinajstić information content (AvgIpc) is 2.87. The van der Waals surface area contributed by atoms with Gasteiger partial charge in [-0.1, -0.05) is 18.2 Å². The highest BCUT2D eigenvalue weighted by Crippen LogP contribution is 2.37. The molecular formula is C27H27N3O5. The number of benzene rings is 3. The Morgan fingerprint density at radius 3 is 2.00 bits per heavy atom. The molecule has 3 rings (SSSR count). The lowest BCUT2D eigenvalue weighted by molar-refractivity contribution is -0.122. The Balaban J connectivity index is 1.81. The monoisotopic (exact) mass is 473 g/mol. The van der Waals surface area contributed by atoms with Crippen molar-refractivity contribution in [3.8, 4) is 23.3 Å². The second kappa shape index (κ2) is 12.1. The highest BCUT2D eigenvalue weighted by molar-refractivity contribution is 6.05. The maximum Gasteiger partial charge on any atom is 0.265 e. The molecule has 0 radical (unpaired) electrons. The Morgan fingerprint density at radius 2 is 1.46 bits per heavy atom. The molecular weight excluding hydrogens is 446 g/mol. The average molecular weight is 474 g/mol. The second-order valence-corrected chi connectivity index (χ2v) is 7.42. The van der Waals surface area contributed by atoms with Crippen molar-refractivity contribution in [1.29, 1.82) is 5.26 Å². The van der Waals surface area contributed by atoms with Gasteiger partial charge in [0.15, 0.2) is 6.10 Å². The zero-order valence-electron chi connectivity index (χ0n) is 19.8. The van der Waals surface area contributed by atoms with E-state index in [2.05, 4.69) is 10.6 Å². The number of amides is 2. The van der Waals surface area contributed by atoms with E-state index in [0.29, 0.717) is 53.0 Å². The molecule has 8 nitrogen and oxygen atoms in total. The van der Waals surface area contributed by atoms with Crippen LogP contribution in [0.2, 0.25) is 0 Å². The number of anilines is 2. The SMILES string of the molecule is CCOc1cc(NC(=O)C(C)Oc2ccc(C#N)cc2)c(OCC)cc1NC(=O)c1ccccc1. The van der Waals surface area contributed by atoms with Crippen molar-refractivity contribution in [2.75, 3.05) is 23.8 Å². The van der Waals surface area contributed by atoms with Crippen LogP contribution < -0.4 is 24.8 Å². The van der Waals surface area contributed by atoms with Crippen LogP contribution >= 0.6 is 0 Å². The third-order valence-electron chi connectivity index (χ3n) is 4.89. The van der Waals surface area contributed by atoms with Crippen LogP contribution in [0, 0.1) is 11.3 Å². The van der Waals surface area contributed by atoms with Crippen LogP contribution in [0.3, 0.4) is 0 Å². The first kappa shape index (κ1) is 25.1. The minimum atomic E-state index is -0.828. The van der Waals surface area contributed by atoms with Crippen molar-refractivity contribution in [2.45, 2.75) is 26.9 Å².